The number of hydrogen-bond acceptors (Lipinski definition) is 2. The summed E-state index contributed by atoms with van der Waals surface area (Å²) in [6.07, 6.45) is 3.26. The summed E-state index contributed by atoms with van der Waals surface area (Å²) in [5.41, 5.74) is 0.432. The minimum Gasteiger partial charge on any atom is -0.330 e. The van der Waals surface area contributed by atoms with E-state index in [0.29, 0.717) is 13.1 Å². The van der Waals surface area contributed by atoms with Gasteiger partial charge in [-0.25, -0.2) is 8.78 Å². The predicted octanol–water partition coefficient (Wildman–Crippen LogP) is 3.16. The monoisotopic (exact) mass is 305 g/mol. The van der Waals surface area contributed by atoms with Crippen LogP contribution in [0.4, 0.5) is 8.78 Å². The molecule has 22 heavy (non-hydrogen) atoms. The Morgan fingerprint density at radius 3 is 2.73 bits per heavy atom. The molecule has 2 aromatic rings. The summed E-state index contributed by atoms with van der Waals surface area (Å²) in [4.78, 5) is 14.2. The number of aryl methyl sites for hydroxylation is 1. The van der Waals surface area contributed by atoms with Crippen LogP contribution in [0.5, 0.6) is 0 Å². The van der Waals surface area contributed by atoms with E-state index >= 15 is 0 Å². The highest BCUT2D eigenvalue weighted by Gasteiger charge is 2.34. The average molecular weight is 305 g/mol. The molecule has 3 rings (SSSR count). The number of aromatic nitrogens is 2. The van der Waals surface area contributed by atoms with Crippen molar-refractivity contribution in [3.05, 3.63) is 53.4 Å². The summed E-state index contributed by atoms with van der Waals surface area (Å²) in [6, 6.07) is 5.15. The standard InChI is InChI=1S/C16H17F2N3O/c1-2-21-14(8-9-19-21)13-7-4-10-20(13)16(22)15-11(17)5-3-6-12(15)18/h3,5-6,8-9,13H,2,4,7,10H2,1H3. The molecule has 4 nitrogen and oxygen atoms in total. The van der Waals surface area contributed by atoms with E-state index in [1.807, 2.05) is 17.7 Å². The number of nitrogens with zero attached hydrogens (tertiary/aromatic N) is 3. The molecule has 0 saturated carbocycles. The third-order valence-corrected chi connectivity index (χ3v) is 4.08. The Morgan fingerprint density at radius 1 is 1.32 bits per heavy atom. The first kappa shape index (κ1) is 14.7. The van der Waals surface area contributed by atoms with Gasteiger partial charge in [0.05, 0.1) is 11.7 Å². The second-order valence-corrected chi connectivity index (χ2v) is 5.33. The number of hydrogen-bond donors (Lipinski definition) is 0. The van der Waals surface area contributed by atoms with Gasteiger partial charge in [-0.1, -0.05) is 6.07 Å². The summed E-state index contributed by atoms with van der Waals surface area (Å²) in [6.45, 7) is 3.15. The minimum atomic E-state index is -0.820. The lowest BCUT2D eigenvalue weighted by atomic mass is 10.1. The molecule has 1 saturated heterocycles. The van der Waals surface area contributed by atoms with Crippen molar-refractivity contribution in [2.45, 2.75) is 32.4 Å². The third kappa shape index (κ3) is 2.38. The quantitative estimate of drug-likeness (QED) is 0.873. The highest BCUT2D eigenvalue weighted by Crippen LogP contribution is 2.33. The highest BCUT2D eigenvalue weighted by atomic mass is 19.1. The van der Waals surface area contributed by atoms with Gasteiger partial charge in [-0.2, -0.15) is 5.10 Å². The van der Waals surface area contributed by atoms with Gasteiger partial charge in [0, 0.05) is 19.3 Å². The van der Waals surface area contributed by atoms with Crippen LogP contribution in [0.2, 0.25) is 0 Å². The molecular weight excluding hydrogens is 288 g/mol. The lowest BCUT2D eigenvalue weighted by Gasteiger charge is -2.25. The van der Waals surface area contributed by atoms with Crippen molar-refractivity contribution in [3.8, 4) is 0 Å². The number of likely N-dealkylation sites (tertiary alicyclic amines) is 1. The molecular formula is C16H17F2N3O. The Hall–Kier alpha value is -2.24. The molecule has 1 aromatic heterocycles. The van der Waals surface area contributed by atoms with Gasteiger partial charge in [0.25, 0.3) is 5.91 Å². The Balaban J connectivity index is 1.95. The second kappa shape index (κ2) is 5.87. The van der Waals surface area contributed by atoms with Crippen molar-refractivity contribution in [2.75, 3.05) is 6.54 Å². The van der Waals surface area contributed by atoms with Crippen LogP contribution in [0.15, 0.2) is 30.5 Å². The predicted molar refractivity (Wildman–Crippen MR) is 77.3 cm³/mol. The zero-order chi connectivity index (χ0) is 15.7. The Labute approximate surface area is 127 Å². The van der Waals surface area contributed by atoms with Crippen LogP contribution in [0.25, 0.3) is 0 Å². The van der Waals surface area contributed by atoms with E-state index in [1.165, 1.54) is 6.07 Å². The molecule has 0 spiro atoms. The lowest BCUT2D eigenvalue weighted by Crippen LogP contribution is -2.33. The summed E-state index contributed by atoms with van der Waals surface area (Å²) in [7, 11) is 0. The normalized spacial score (nSPS) is 18.0. The van der Waals surface area contributed by atoms with Gasteiger partial charge in [-0.3, -0.25) is 9.48 Å². The van der Waals surface area contributed by atoms with Crippen LogP contribution in [0.1, 0.15) is 41.9 Å². The number of carbonyl (C=O) groups excluding carboxylic acids is 1. The zero-order valence-corrected chi connectivity index (χ0v) is 12.3. The van der Waals surface area contributed by atoms with Crippen molar-refractivity contribution in [1.82, 2.24) is 14.7 Å². The maximum absolute atomic E-state index is 13.9. The molecule has 1 aromatic carbocycles. The molecule has 0 aliphatic carbocycles. The number of benzene rings is 1. The molecule has 0 bridgehead atoms. The SMILES string of the molecule is CCn1nccc1C1CCCN1C(=O)c1c(F)cccc1F. The molecule has 0 radical (unpaired) electrons. The topological polar surface area (TPSA) is 38.1 Å². The van der Waals surface area contributed by atoms with Crippen molar-refractivity contribution < 1.29 is 13.6 Å². The van der Waals surface area contributed by atoms with Crippen LogP contribution in [-0.2, 0) is 6.54 Å². The van der Waals surface area contributed by atoms with Gasteiger partial charge >= 0.3 is 0 Å². The second-order valence-electron chi connectivity index (χ2n) is 5.33. The Kier molecular flexibility index (Phi) is 3.92. The maximum Gasteiger partial charge on any atom is 0.260 e. The van der Waals surface area contributed by atoms with Crippen LogP contribution in [0.3, 0.4) is 0 Å². The number of amides is 1. The minimum absolute atomic E-state index is 0.186. The number of carbonyl (C=O) groups is 1. The summed E-state index contributed by atoms with van der Waals surface area (Å²) in [5, 5.41) is 4.21. The number of halogens is 2. The molecule has 1 fully saturated rings. The van der Waals surface area contributed by atoms with Crippen LogP contribution in [-0.4, -0.2) is 27.1 Å². The van der Waals surface area contributed by atoms with Crippen LogP contribution >= 0.6 is 0 Å². The first-order valence-electron chi connectivity index (χ1n) is 7.40. The number of rotatable bonds is 3. The lowest BCUT2D eigenvalue weighted by molar-refractivity contribution is 0.0720. The van der Waals surface area contributed by atoms with E-state index in [0.717, 1.165) is 30.7 Å². The van der Waals surface area contributed by atoms with E-state index in [9.17, 15) is 13.6 Å². The first-order valence-corrected chi connectivity index (χ1v) is 7.40. The molecule has 6 heteroatoms. The molecule has 2 heterocycles. The average Bonchev–Trinajstić information content (AvgIpc) is 3.15. The van der Waals surface area contributed by atoms with E-state index in [2.05, 4.69) is 5.10 Å². The van der Waals surface area contributed by atoms with Crippen molar-refractivity contribution in [1.29, 1.82) is 0 Å². The van der Waals surface area contributed by atoms with Crippen molar-refractivity contribution >= 4 is 5.91 Å². The molecule has 1 unspecified atom stereocenters. The van der Waals surface area contributed by atoms with Gasteiger partial charge in [-0.15, -0.1) is 0 Å². The summed E-state index contributed by atoms with van der Waals surface area (Å²) < 4.78 is 29.5. The van der Waals surface area contributed by atoms with Gasteiger partial charge in [0.1, 0.15) is 17.2 Å². The smallest absolute Gasteiger partial charge is 0.260 e. The molecule has 1 aliphatic rings. The molecule has 1 amide bonds. The molecule has 1 atom stereocenters. The summed E-state index contributed by atoms with van der Waals surface area (Å²) >= 11 is 0. The van der Waals surface area contributed by atoms with E-state index in [1.54, 1.807) is 11.1 Å². The third-order valence-electron chi connectivity index (χ3n) is 4.08. The fourth-order valence-corrected chi connectivity index (χ4v) is 3.05. The Morgan fingerprint density at radius 2 is 2.05 bits per heavy atom. The first-order chi connectivity index (χ1) is 10.6. The van der Waals surface area contributed by atoms with Gasteiger partial charge in [0.2, 0.25) is 0 Å². The van der Waals surface area contributed by atoms with Crippen molar-refractivity contribution in [2.24, 2.45) is 0 Å². The fourth-order valence-electron chi connectivity index (χ4n) is 3.05. The molecule has 0 N–H and O–H groups in total. The van der Waals surface area contributed by atoms with E-state index in [4.69, 9.17) is 0 Å². The van der Waals surface area contributed by atoms with Crippen LogP contribution < -0.4 is 0 Å². The van der Waals surface area contributed by atoms with Crippen molar-refractivity contribution in [3.63, 3.8) is 0 Å². The highest BCUT2D eigenvalue weighted by molar-refractivity contribution is 5.95. The van der Waals surface area contributed by atoms with Gasteiger partial charge in [0.15, 0.2) is 0 Å². The van der Waals surface area contributed by atoms with Crippen LogP contribution in [0, 0.1) is 11.6 Å². The largest absolute Gasteiger partial charge is 0.330 e. The molecule has 116 valence electrons. The van der Waals surface area contributed by atoms with Gasteiger partial charge < -0.3 is 4.90 Å². The Bertz CT molecular complexity index is 678. The van der Waals surface area contributed by atoms with Gasteiger partial charge in [-0.05, 0) is 38.0 Å². The zero-order valence-electron chi connectivity index (χ0n) is 12.3. The summed E-state index contributed by atoms with van der Waals surface area (Å²) in [5.74, 6) is -2.23. The fraction of sp³-hybridized carbons (Fsp3) is 0.375. The van der Waals surface area contributed by atoms with E-state index in [-0.39, 0.29) is 6.04 Å². The maximum atomic E-state index is 13.9. The molecule has 1 aliphatic heterocycles. The van der Waals surface area contributed by atoms with E-state index < -0.39 is 23.1 Å².